The molecular weight excluding hydrogens is 310 g/mol. The van der Waals surface area contributed by atoms with Crippen LogP contribution in [0.5, 0.6) is 5.75 Å². The predicted molar refractivity (Wildman–Crippen MR) is 104 cm³/mol. The molecule has 0 saturated carbocycles. The van der Waals surface area contributed by atoms with Crippen LogP contribution in [-0.4, -0.2) is 14.9 Å². The van der Waals surface area contributed by atoms with Crippen molar-refractivity contribution in [3.05, 3.63) is 65.2 Å². The van der Waals surface area contributed by atoms with Gasteiger partial charge in [-0.3, -0.25) is 0 Å². The number of benzene rings is 2. The Balaban J connectivity index is 1.81. The minimum atomic E-state index is -1.77. The summed E-state index contributed by atoms with van der Waals surface area (Å²) in [6, 6.07) is 17.5. The van der Waals surface area contributed by atoms with Gasteiger partial charge in [0, 0.05) is 19.0 Å². The van der Waals surface area contributed by atoms with Gasteiger partial charge in [0.25, 0.3) is 0 Å². The van der Waals surface area contributed by atoms with Gasteiger partial charge in [0.05, 0.1) is 0 Å². The highest BCUT2D eigenvalue weighted by molar-refractivity contribution is 6.74. The highest BCUT2D eigenvalue weighted by Gasteiger charge is 2.38. The molecule has 0 aliphatic carbocycles. The maximum absolute atomic E-state index is 6.40. The van der Waals surface area contributed by atoms with Crippen molar-refractivity contribution in [2.75, 3.05) is 6.54 Å². The van der Waals surface area contributed by atoms with E-state index in [1.807, 2.05) is 0 Å². The molecule has 0 spiro atoms. The number of rotatable bonds is 3. The molecule has 3 rings (SSSR count). The molecule has 1 aliphatic rings. The minimum Gasteiger partial charge on any atom is -0.544 e. The molecule has 3 heteroatoms. The number of fused-ring (bicyclic) bond motifs is 1. The lowest BCUT2D eigenvalue weighted by atomic mass is 9.85. The van der Waals surface area contributed by atoms with Crippen LogP contribution in [0.25, 0.3) is 0 Å². The van der Waals surface area contributed by atoms with E-state index in [4.69, 9.17) is 4.43 Å². The van der Waals surface area contributed by atoms with E-state index in [9.17, 15) is 0 Å². The van der Waals surface area contributed by atoms with Crippen LogP contribution in [0.15, 0.2) is 48.5 Å². The molecule has 1 N–H and O–H groups in total. The first-order valence-corrected chi connectivity index (χ1v) is 11.8. The zero-order valence-corrected chi connectivity index (χ0v) is 16.5. The van der Waals surface area contributed by atoms with E-state index in [1.54, 1.807) is 0 Å². The van der Waals surface area contributed by atoms with Crippen molar-refractivity contribution < 1.29 is 4.43 Å². The van der Waals surface area contributed by atoms with Gasteiger partial charge in [-0.05, 0) is 47.0 Å². The molecule has 0 saturated heterocycles. The molecule has 1 heterocycles. The van der Waals surface area contributed by atoms with E-state index in [0.717, 1.165) is 18.8 Å². The van der Waals surface area contributed by atoms with Crippen molar-refractivity contribution in [3.63, 3.8) is 0 Å². The molecule has 24 heavy (non-hydrogen) atoms. The summed E-state index contributed by atoms with van der Waals surface area (Å²) in [5.41, 5.74) is 4.22. The fraction of sp³-hybridized carbons (Fsp3) is 0.429. The van der Waals surface area contributed by atoms with Crippen LogP contribution < -0.4 is 9.74 Å². The monoisotopic (exact) mass is 339 g/mol. The molecule has 0 unspecified atom stereocenters. The average Bonchev–Trinajstić information content (AvgIpc) is 2.54. The molecule has 1 atom stereocenters. The van der Waals surface area contributed by atoms with Crippen molar-refractivity contribution in [3.8, 4) is 5.75 Å². The Hall–Kier alpha value is -1.58. The second kappa shape index (κ2) is 6.38. The summed E-state index contributed by atoms with van der Waals surface area (Å²) < 4.78 is 6.40. The Kier molecular flexibility index (Phi) is 4.58. The lowest BCUT2D eigenvalue weighted by molar-refractivity contribution is 0.491. The summed E-state index contributed by atoms with van der Waals surface area (Å²) in [5.74, 6) is 1.43. The number of nitrogens with one attached hydrogen (secondary N) is 1. The molecular formula is C21H29NOSi. The summed E-state index contributed by atoms with van der Waals surface area (Å²) in [5, 5.41) is 3.76. The molecule has 0 fully saturated rings. The first-order chi connectivity index (χ1) is 11.3. The molecule has 2 aromatic carbocycles. The first-order valence-electron chi connectivity index (χ1n) is 8.85. The lowest BCUT2D eigenvalue weighted by Crippen LogP contribution is -2.43. The fourth-order valence-corrected chi connectivity index (χ4v) is 4.04. The Bertz CT molecular complexity index is 701. The maximum atomic E-state index is 6.40. The normalized spacial score (nSPS) is 18.1. The van der Waals surface area contributed by atoms with Gasteiger partial charge in [0.1, 0.15) is 5.75 Å². The van der Waals surface area contributed by atoms with Crippen molar-refractivity contribution >= 4 is 8.32 Å². The van der Waals surface area contributed by atoms with Crippen LogP contribution in [0.4, 0.5) is 0 Å². The summed E-state index contributed by atoms with van der Waals surface area (Å²) in [4.78, 5) is 0. The molecule has 0 bridgehead atoms. The zero-order valence-electron chi connectivity index (χ0n) is 15.5. The standard InChI is InChI=1S/C21H29NOSi/c1-21(2,3)24(4,5)23-18-12-10-16(11-13-18)20-15-22-14-17-8-6-7-9-19(17)20/h6-13,20,22H,14-15H2,1-5H3/t20-/m0/s1. The third-order valence-corrected chi connectivity index (χ3v) is 9.91. The van der Waals surface area contributed by atoms with E-state index < -0.39 is 8.32 Å². The number of hydrogen-bond donors (Lipinski definition) is 1. The average molecular weight is 340 g/mol. The van der Waals surface area contributed by atoms with Gasteiger partial charge in [-0.25, -0.2) is 0 Å². The second-order valence-corrected chi connectivity index (χ2v) is 13.0. The summed E-state index contributed by atoms with van der Waals surface area (Å²) in [6.45, 7) is 13.4. The van der Waals surface area contributed by atoms with E-state index in [2.05, 4.69) is 87.7 Å². The zero-order chi connectivity index (χ0) is 17.4. The Morgan fingerprint density at radius 3 is 2.33 bits per heavy atom. The SMILES string of the molecule is CC(C)(C)[Si](C)(C)Oc1ccc([C@@H]2CNCc3ccccc32)cc1. The van der Waals surface area contributed by atoms with Crippen molar-refractivity contribution in [1.29, 1.82) is 0 Å². The van der Waals surface area contributed by atoms with Gasteiger partial charge in [-0.1, -0.05) is 57.2 Å². The molecule has 2 nitrogen and oxygen atoms in total. The van der Waals surface area contributed by atoms with Crippen LogP contribution in [0.2, 0.25) is 18.1 Å². The molecule has 2 aromatic rings. The Morgan fingerprint density at radius 1 is 1.00 bits per heavy atom. The first kappa shape index (κ1) is 17.2. The minimum absolute atomic E-state index is 0.220. The second-order valence-electron chi connectivity index (χ2n) is 8.31. The summed E-state index contributed by atoms with van der Waals surface area (Å²) in [6.07, 6.45) is 0. The maximum Gasteiger partial charge on any atom is 0.250 e. The lowest BCUT2D eigenvalue weighted by Gasteiger charge is -2.36. The van der Waals surface area contributed by atoms with E-state index in [1.165, 1.54) is 16.7 Å². The molecule has 0 radical (unpaired) electrons. The van der Waals surface area contributed by atoms with Crippen molar-refractivity contribution in [2.24, 2.45) is 0 Å². The van der Waals surface area contributed by atoms with Crippen LogP contribution in [0.3, 0.4) is 0 Å². The van der Waals surface area contributed by atoms with Gasteiger partial charge in [-0.15, -0.1) is 0 Å². The number of hydrogen-bond acceptors (Lipinski definition) is 2. The quantitative estimate of drug-likeness (QED) is 0.766. The Labute approximate surface area is 147 Å². The fourth-order valence-electron chi connectivity index (χ4n) is 3.01. The third kappa shape index (κ3) is 3.42. The summed E-state index contributed by atoms with van der Waals surface area (Å²) >= 11 is 0. The van der Waals surface area contributed by atoms with Gasteiger partial charge in [0.2, 0.25) is 8.32 Å². The molecule has 0 aromatic heterocycles. The topological polar surface area (TPSA) is 21.3 Å². The van der Waals surface area contributed by atoms with Crippen LogP contribution in [0.1, 0.15) is 43.4 Å². The third-order valence-electron chi connectivity index (χ3n) is 5.56. The van der Waals surface area contributed by atoms with E-state index >= 15 is 0 Å². The van der Waals surface area contributed by atoms with E-state index in [0.29, 0.717) is 5.92 Å². The van der Waals surface area contributed by atoms with Crippen molar-refractivity contribution in [1.82, 2.24) is 5.32 Å². The van der Waals surface area contributed by atoms with Crippen molar-refractivity contribution in [2.45, 2.75) is 51.4 Å². The highest BCUT2D eigenvalue weighted by Crippen LogP contribution is 2.38. The highest BCUT2D eigenvalue weighted by atomic mass is 28.4. The molecule has 128 valence electrons. The van der Waals surface area contributed by atoms with Crippen LogP contribution in [-0.2, 0) is 6.54 Å². The largest absolute Gasteiger partial charge is 0.544 e. The predicted octanol–water partition coefficient (Wildman–Crippen LogP) is 5.31. The summed E-state index contributed by atoms with van der Waals surface area (Å²) in [7, 11) is -1.77. The Morgan fingerprint density at radius 2 is 1.67 bits per heavy atom. The van der Waals surface area contributed by atoms with Crippen LogP contribution >= 0.6 is 0 Å². The van der Waals surface area contributed by atoms with Gasteiger partial charge < -0.3 is 9.74 Å². The van der Waals surface area contributed by atoms with Gasteiger partial charge in [0.15, 0.2) is 0 Å². The van der Waals surface area contributed by atoms with Gasteiger partial charge >= 0.3 is 0 Å². The van der Waals surface area contributed by atoms with E-state index in [-0.39, 0.29) is 5.04 Å². The molecule has 1 aliphatic heterocycles. The molecule has 0 amide bonds. The smallest absolute Gasteiger partial charge is 0.250 e. The van der Waals surface area contributed by atoms with Crippen LogP contribution in [0, 0.1) is 0 Å². The van der Waals surface area contributed by atoms with Gasteiger partial charge in [-0.2, -0.15) is 0 Å².